The Balaban J connectivity index is 2.45. The Morgan fingerprint density at radius 3 is 2.90 bits per heavy atom. The van der Waals surface area contributed by atoms with E-state index in [-0.39, 0.29) is 0 Å². The van der Waals surface area contributed by atoms with Gasteiger partial charge in [-0.15, -0.1) is 0 Å². The smallest absolute Gasteiger partial charge is 0.0643 e. The van der Waals surface area contributed by atoms with Crippen LogP contribution in [0.2, 0.25) is 0 Å². The molecule has 10 heavy (non-hydrogen) atoms. The quantitative estimate of drug-likeness (QED) is 0.600. The Morgan fingerprint density at radius 1 is 1.70 bits per heavy atom. The fraction of sp³-hybridized carbons (Fsp3) is 0.571. The second kappa shape index (κ2) is 3.37. The molecule has 0 radical (unpaired) electrons. The fourth-order valence-corrected chi connectivity index (χ4v) is 0.796. The fourth-order valence-electron chi connectivity index (χ4n) is 0.796. The molecule has 1 rings (SSSR count). The molecule has 0 saturated heterocycles. The van der Waals surface area contributed by atoms with E-state index in [4.69, 9.17) is 0 Å². The van der Waals surface area contributed by atoms with Crippen molar-refractivity contribution in [3.8, 4) is 0 Å². The molecule has 0 fully saturated rings. The van der Waals surface area contributed by atoms with Crippen LogP contribution in [-0.4, -0.2) is 30.9 Å². The standard InChI is InChI=1S/C7H13N3/c1-3-10-5-4-7(8-2)6-9-10/h4-8H,3H2,1-2H3. The summed E-state index contributed by atoms with van der Waals surface area (Å²) in [6, 6.07) is 0.308. The number of hydrazone groups is 1. The number of nitrogens with one attached hydrogen (secondary N) is 1. The molecule has 0 spiro atoms. The van der Waals surface area contributed by atoms with Crippen molar-refractivity contribution in [2.45, 2.75) is 13.0 Å². The van der Waals surface area contributed by atoms with E-state index in [1.807, 2.05) is 24.5 Å². The molecule has 0 bridgehead atoms. The van der Waals surface area contributed by atoms with E-state index in [1.54, 1.807) is 0 Å². The van der Waals surface area contributed by atoms with E-state index >= 15 is 0 Å². The van der Waals surface area contributed by atoms with Crippen LogP contribution < -0.4 is 5.32 Å². The number of rotatable bonds is 2. The first-order valence-electron chi connectivity index (χ1n) is 3.53. The molecule has 0 aromatic rings. The molecule has 0 aliphatic carbocycles. The zero-order valence-electron chi connectivity index (χ0n) is 6.41. The number of hydrogen-bond donors (Lipinski definition) is 1. The molecule has 1 unspecified atom stereocenters. The highest BCUT2D eigenvalue weighted by Gasteiger charge is 2.02. The van der Waals surface area contributed by atoms with Crippen LogP contribution in [0.3, 0.4) is 0 Å². The SMILES string of the molecule is CCN1C=CC(NC)C=N1. The van der Waals surface area contributed by atoms with Gasteiger partial charge in [-0.05, 0) is 20.0 Å². The zero-order valence-corrected chi connectivity index (χ0v) is 6.41. The van der Waals surface area contributed by atoms with Crippen molar-refractivity contribution >= 4 is 6.21 Å². The molecule has 3 nitrogen and oxygen atoms in total. The summed E-state index contributed by atoms with van der Waals surface area (Å²) in [4.78, 5) is 0. The maximum absolute atomic E-state index is 4.16. The van der Waals surface area contributed by atoms with Crippen LogP contribution in [0.1, 0.15) is 6.92 Å². The molecule has 1 heterocycles. The van der Waals surface area contributed by atoms with Crippen molar-refractivity contribution in [3.05, 3.63) is 12.3 Å². The molecule has 1 atom stereocenters. The minimum atomic E-state index is 0.308. The van der Waals surface area contributed by atoms with Crippen LogP contribution in [-0.2, 0) is 0 Å². The van der Waals surface area contributed by atoms with Gasteiger partial charge in [-0.1, -0.05) is 0 Å². The van der Waals surface area contributed by atoms with Gasteiger partial charge < -0.3 is 5.32 Å². The first-order chi connectivity index (χ1) is 4.86. The lowest BCUT2D eigenvalue weighted by Crippen LogP contribution is -2.29. The van der Waals surface area contributed by atoms with E-state index < -0.39 is 0 Å². The minimum Gasteiger partial charge on any atom is -0.309 e. The normalized spacial score (nSPS) is 23.8. The third-order valence-corrected chi connectivity index (χ3v) is 1.50. The Morgan fingerprint density at radius 2 is 2.50 bits per heavy atom. The topological polar surface area (TPSA) is 27.6 Å². The van der Waals surface area contributed by atoms with E-state index in [1.165, 1.54) is 0 Å². The third kappa shape index (κ3) is 1.57. The number of nitrogens with zero attached hydrogens (tertiary/aromatic N) is 2. The zero-order chi connectivity index (χ0) is 7.40. The minimum absolute atomic E-state index is 0.308. The summed E-state index contributed by atoms with van der Waals surface area (Å²) in [7, 11) is 1.92. The Hall–Kier alpha value is -0.830. The maximum Gasteiger partial charge on any atom is 0.0643 e. The molecule has 0 aromatic carbocycles. The summed E-state index contributed by atoms with van der Waals surface area (Å²) in [5.74, 6) is 0. The second-order valence-corrected chi connectivity index (χ2v) is 2.18. The van der Waals surface area contributed by atoms with Crippen molar-refractivity contribution < 1.29 is 0 Å². The van der Waals surface area contributed by atoms with E-state index in [0.717, 1.165) is 6.54 Å². The van der Waals surface area contributed by atoms with Crippen LogP contribution >= 0.6 is 0 Å². The van der Waals surface area contributed by atoms with Crippen LogP contribution in [0.4, 0.5) is 0 Å². The van der Waals surface area contributed by atoms with Crippen LogP contribution in [0.15, 0.2) is 17.4 Å². The summed E-state index contributed by atoms with van der Waals surface area (Å²) >= 11 is 0. The largest absolute Gasteiger partial charge is 0.309 e. The van der Waals surface area contributed by atoms with Gasteiger partial charge in [0, 0.05) is 19.0 Å². The number of likely N-dealkylation sites (N-methyl/N-ethyl adjacent to an activating group) is 1. The van der Waals surface area contributed by atoms with Gasteiger partial charge in [-0.25, -0.2) is 0 Å². The molecule has 1 N–H and O–H groups in total. The Kier molecular flexibility index (Phi) is 2.45. The van der Waals surface area contributed by atoms with Crippen molar-refractivity contribution in [2.24, 2.45) is 5.10 Å². The molecule has 0 aromatic heterocycles. The predicted molar refractivity (Wildman–Crippen MR) is 42.9 cm³/mol. The number of hydrogen-bond acceptors (Lipinski definition) is 3. The van der Waals surface area contributed by atoms with Crippen molar-refractivity contribution in [3.63, 3.8) is 0 Å². The summed E-state index contributed by atoms with van der Waals surface area (Å²) in [5, 5.41) is 9.14. The van der Waals surface area contributed by atoms with Crippen molar-refractivity contribution in [1.29, 1.82) is 0 Å². The average molecular weight is 139 g/mol. The Bertz CT molecular complexity index is 121. The monoisotopic (exact) mass is 139 g/mol. The molecular weight excluding hydrogens is 126 g/mol. The van der Waals surface area contributed by atoms with E-state index in [2.05, 4.69) is 23.4 Å². The van der Waals surface area contributed by atoms with Crippen LogP contribution in [0.25, 0.3) is 0 Å². The first kappa shape index (κ1) is 7.28. The lowest BCUT2D eigenvalue weighted by Gasteiger charge is -2.17. The lowest BCUT2D eigenvalue weighted by molar-refractivity contribution is 0.413. The van der Waals surface area contributed by atoms with Crippen LogP contribution in [0, 0.1) is 0 Å². The maximum atomic E-state index is 4.16. The van der Waals surface area contributed by atoms with Crippen LogP contribution in [0.5, 0.6) is 0 Å². The molecule has 3 heteroatoms. The molecular formula is C7H13N3. The highest BCUT2D eigenvalue weighted by atomic mass is 15.4. The summed E-state index contributed by atoms with van der Waals surface area (Å²) < 4.78 is 0. The molecule has 0 saturated carbocycles. The van der Waals surface area contributed by atoms with Crippen molar-refractivity contribution in [1.82, 2.24) is 10.3 Å². The summed E-state index contributed by atoms with van der Waals surface area (Å²) in [6.45, 7) is 3.00. The lowest BCUT2D eigenvalue weighted by atomic mass is 10.3. The molecule has 1 aliphatic rings. The Labute approximate surface area is 61.4 Å². The summed E-state index contributed by atoms with van der Waals surface area (Å²) in [5.41, 5.74) is 0. The first-order valence-corrected chi connectivity index (χ1v) is 3.53. The van der Waals surface area contributed by atoms with Gasteiger partial charge in [0.25, 0.3) is 0 Å². The average Bonchev–Trinajstić information content (AvgIpc) is 2.05. The predicted octanol–water partition coefficient (Wildman–Crippen LogP) is 0.409. The van der Waals surface area contributed by atoms with Gasteiger partial charge >= 0.3 is 0 Å². The molecule has 0 amide bonds. The highest BCUT2D eigenvalue weighted by Crippen LogP contribution is 1.97. The van der Waals surface area contributed by atoms with Gasteiger partial charge in [0.05, 0.1) is 6.04 Å². The second-order valence-electron chi connectivity index (χ2n) is 2.18. The van der Waals surface area contributed by atoms with Gasteiger partial charge in [0.1, 0.15) is 0 Å². The van der Waals surface area contributed by atoms with Gasteiger partial charge in [-0.2, -0.15) is 5.10 Å². The highest BCUT2D eigenvalue weighted by molar-refractivity contribution is 5.67. The molecule has 56 valence electrons. The molecule has 1 aliphatic heterocycles. The van der Waals surface area contributed by atoms with Gasteiger partial charge in [0.2, 0.25) is 0 Å². The van der Waals surface area contributed by atoms with Crippen molar-refractivity contribution in [2.75, 3.05) is 13.6 Å². The summed E-state index contributed by atoms with van der Waals surface area (Å²) in [6.07, 6.45) is 5.96. The third-order valence-electron chi connectivity index (χ3n) is 1.50. The van der Waals surface area contributed by atoms with E-state index in [0.29, 0.717) is 6.04 Å². The van der Waals surface area contributed by atoms with Gasteiger partial charge in [0.15, 0.2) is 0 Å². The van der Waals surface area contributed by atoms with Gasteiger partial charge in [-0.3, -0.25) is 5.01 Å². The van der Waals surface area contributed by atoms with E-state index in [9.17, 15) is 0 Å².